The van der Waals surface area contributed by atoms with E-state index >= 15 is 0 Å². The van der Waals surface area contributed by atoms with Crippen molar-refractivity contribution in [1.82, 2.24) is 4.57 Å². The minimum absolute atomic E-state index is 0.315. The van der Waals surface area contributed by atoms with Crippen molar-refractivity contribution in [1.29, 1.82) is 0 Å². The fraction of sp³-hybridized carbons (Fsp3) is 0.231. The Labute approximate surface area is 104 Å². The Balaban J connectivity index is 2.19. The third kappa shape index (κ3) is 2.87. The Bertz CT molecular complexity index is 522. The van der Waals surface area contributed by atoms with Crippen LogP contribution in [0.15, 0.2) is 36.7 Å². The van der Waals surface area contributed by atoms with E-state index in [1.165, 1.54) is 6.07 Å². The van der Waals surface area contributed by atoms with Crippen LogP contribution in [0.4, 0.5) is 4.39 Å². The Morgan fingerprint density at radius 1 is 1.41 bits per heavy atom. The van der Waals surface area contributed by atoms with E-state index in [4.69, 9.17) is 11.6 Å². The lowest BCUT2D eigenvalue weighted by molar-refractivity contribution is 0.199. The van der Waals surface area contributed by atoms with Crippen LogP contribution in [0.25, 0.3) is 0 Å². The molecule has 0 radical (unpaired) electrons. The predicted molar refractivity (Wildman–Crippen MR) is 65.6 cm³/mol. The van der Waals surface area contributed by atoms with Crippen molar-refractivity contribution >= 4 is 11.6 Å². The molecule has 1 N–H and O–H groups in total. The lowest BCUT2D eigenvalue weighted by atomic mass is 10.2. The van der Waals surface area contributed by atoms with E-state index < -0.39 is 6.10 Å². The second-order valence-electron chi connectivity index (χ2n) is 4.03. The highest BCUT2D eigenvalue weighted by Crippen LogP contribution is 2.17. The number of rotatable bonds is 3. The average Bonchev–Trinajstić information content (AvgIpc) is 2.71. The van der Waals surface area contributed by atoms with Crippen LogP contribution in [-0.2, 0) is 6.54 Å². The maximum atomic E-state index is 13.6. The molecule has 1 atom stereocenters. The minimum atomic E-state index is -0.508. The van der Waals surface area contributed by atoms with Crippen molar-refractivity contribution in [2.75, 3.05) is 0 Å². The van der Waals surface area contributed by atoms with Gasteiger partial charge in [-0.1, -0.05) is 17.7 Å². The summed E-state index contributed by atoms with van der Waals surface area (Å²) in [5, 5.41) is 9.78. The quantitative estimate of drug-likeness (QED) is 0.891. The standard InChI is InChI=1S/C13H13ClFNO/c1-9(17)10-4-5-16(7-10)8-11-2-3-12(14)6-13(11)15/h2-7,9,17H,8H2,1H3. The molecule has 2 aromatic rings. The van der Waals surface area contributed by atoms with E-state index in [-0.39, 0.29) is 5.82 Å². The third-order valence-electron chi connectivity index (χ3n) is 2.62. The van der Waals surface area contributed by atoms with Gasteiger partial charge in [0.2, 0.25) is 0 Å². The molecule has 4 heteroatoms. The maximum Gasteiger partial charge on any atom is 0.129 e. The summed E-state index contributed by atoms with van der Waals surface area (Å²) in [6.45, 7) is 2.12. The smallest absolute Gasteiger partial charge is 0.129 e. The van der Waals surface area contributed by atoms with Gasteiger partial charge >= 0.3 is 0 Å². The lowest BCUT2D eigenvalue weighted by Gasteiger charge is -2.05. The zero-order valence-corrected chi connectivity index (χ0v) is 10.2. The largest absolute Gasteiger partial charge is 0.389 e. The Hall–Kier alpha value is -1.32. The van der Waals surface area contributed by atoms with Gasteiger partial charge in [0, 0.05) is 29.5 Å². The fourth-order valence-electron chi connectivity index (χ4n) is 1.65. The molecule has 90 valence electrons. The summed E-state index contributed by atoms with van der Waals surface area (Å²) in [6, 6.07) is 6.45. The van der Waals surface area contributed by atoms with Gasteiger partial charge in [0.05, 0.1) is 6.10 Å². The molecule has 0 amide bonds. The molecule has 0 aliphatic heterocycles. The highest BCUT2D eigenvalue weighted by Gasteiger charge is 2.06. The molecular formula is C13H13ClFNO. The van der Waals surface area contributed by atoms with Crippen LogP contribution in [0.1, 0.15) is 24.2 Å². The molecule has 0 bridgehead atoms. The van der Waals surface area contributed by atoms with Gasteiger partial charge in [-0.2, -0.15) is 0 Å². The van der Waals surface area contributed by atoms with Crippen molar-refractivity contribution in [2.45, 2.75) is 19.6 Å². The zero-order valence-electron chi connectivity index (χ0n) is 9.40. The van der Waals surface area contributed by atoms with Crippen molar-refractivity contribution in [3.8, 4) is 0 Å². The molecule has 2 rings (SSSR count). The van der Waals surface area contributed by atoms with Gasteiger partial charge < -0.3 is 9.67 Å². The molecule has 0 fully saturated rings. The summed E-state index contributed by atoms with van der Waals surface area (Å²) in [5.41, 5.74) is 1.39. The van der Waals surface area contributed by atoms with Crippen LogP contribution < -0.4 is 0 Å². The second-order valence-corrected chi connectivity index (χ2v) is 4.47. The summed E-state index contributed by atoms with van der Waals surface area (Å²) in [7, 11) is 0. The van der Waals surface area contributed by atoms with Crippen molar-refractivity contribution in [3.63, 3.8) is 0 Å². The minimum Gasteiger partial charge on any atom is -0.389 e. The summed E-state index contributed by atoms with van der Waals surface area (Å²) in [5.74, 6) is -0.315. The second kappa shape index (κ2) is 4.90. The molecular weight excluding hydrogens is 241 g/mol. The Morgan fingerprint density at radius 3 is 2.76 bits per heavy atom. The van der Waals surface area contributed by atoms with Gasteiger partial charge in [-0.25, -0.2) is 4.39 Å². The van der Waals surface area contributed by atoms with Gasteiger partial charge in [-0.3, -0.25) is 0 Å². The normalized spacial score (nSPS) is 12.7. The van der Waals surface area contributed by atoms with Gasteiger partial charge in [0.25, 0.3) is 0 Å². The molecule has 1 aromatic heterocycles. The van der Waals surface area contributed by atoms with Crippen molar-refractivity contribution in [3.05, 3.63) is 58.6 Å². The van der Waals surface area contributed by atoms with Crippen LogP contribution in [0, 0.1) is 5.82 Å². The van der Waals surface area contributed by atoms with Crippen LogP contribution >= 0.6 is 11.6 Å². The monoisotopic (exact) mass is 253 g/mol. The van der Waals surface area contributed by atoms with Crippen LogP contribution in [0.3, 0.4) is 0 Å². The van der Waals surface area contributed by atoms with Crippen LogP contribution in [0.2, 0.25) is 5.02 Å². The van der Waals surface area contributed by atoms with E-state index in [0.29, 0.717) is 17.1 Å². The van der Waals surface area contributed by atoms with Gasteiger partial charge in [-0.15, -0.1) is 0 Å². The van der Waals surface area contributed by atoms with E-state index in [1.54, 1.807) is 25.3 Å². The molecule has 0 saturated carbocycles. The maximum absolute atomic E-state index is 13.6. The third-order valence-corrected chi connectivity index (χ3v) is 2.86. The van der Waals surface area contributed by atoms with E-state index in [1.807, 2.05) is 16.8 Å². The number of aliphatic hydroxyl groups excluding tert-OH is 1. The molecule has 0 aliphatic rings. The number of halogens is 2. The van der Waals surface area contributed by atoms with Gasteiger partial charge in [0.15, 0.2) is 0 Å². The van der Waals surface area contributed by atoms with E-state index in [9.17, 15) is 9.50 Å². The first-order valence-electron chi connectivity index (χ1n) is 5.34. The first-order valence-corrected chi connectivity index (χ1v) is 5.72. The summed E-state index contributed by atoms with van der Waals surface area (Å²) < 4.78 is 15.4. The van der Waals surface area contributed by atoms with Crippen LogP contribution in [-0.4, -0.2) is 9.67 Å². The Kier molecular flexibility index (Phi) is 3.50. The summed E-state index contributed by atoms with van der Waals surface area (Å²) in [6.07, 6.45) is 3.11. The summed E-state index contributed by atoms with van der Waals surface area (Å²) >= 11 is 5.69. The molecule has 0 spiro atoms. The molecule has 1 heterocycles. The van der Waals surface area contributed by atoms with Gasteiger partial charge in [0.1, 0.15) is 5.82 Å². The molecule has 0 saturated heterocycles. The molecule has 2 nitrogen and oxygen atoms in total. The van der Waals surface area contributed by atoms with Crippen molar-refractivity contribution < 1.29 is 9.50 Å². The number of nitrogens with zero attached hydrogens (tertiary/aromatic N) is 1. The summed E-state index contributed by atoms with van der Waals surface area (Å²) in [4.78, 5) is 0. The van der Waals surface area contributed by atoms with Gasteiger partial charge in [-0.05, 0) is 30.7 Å². The first-order chi connectivity index (χ1) is 8.06. The average molecular weight is 254 g/mol. The molecule has 1 aromatic carbocycles. The van der Waals surface area contributed by atoms with Crippen molar-refractivity contribution in [2.24, 2.45) is 0 Å². The predicted octanol–water partition coefficient (Wildman–Crippen LogP) is 3.38. The SMILES string of the molecule is CC(O)c1ccn(Cc2ccc(Cl)cc2F)c1. The molecule has 17 heavy (non-hydrogen) atoms. The van der Waals surface area contributed by atoms with E-state index in [0.717, 1.165) is 5.56 Å². The number of benzene rings is 1. The molecule has 0 aliphatic carbocycles. The van der Waals surface area contributed by atoms with Crippen LogP contribution in [0.5, 0.6) is 0 Å². The highest BCUT2D eigenvalue weighted by atomic mass is 35.5. The lowest BCUT2D eigenvalue weighted by Crippen LogP contribution is -1.99. The highest BCUT2D eigenvalue weighted by molar-refractivity contribution is 6.30. The van der Waals surface area contributed by atoms with E-state index in [2.05, 4.69) is 0 Å². The number of aromatic nitrogens is 1. The number of aliphatic hydroxyl groups is 1. The number of hydrogen-bond acceptors (Lipinski definition) is 1. The number of hydrogen-bond donors (Lipinski definition) is 1. The first kappa shape index (κ1) is 12.1. The topological polar surface area (TPSA) is 25.2 Å². The fourth-order valence-corrected chi connectivity index (χ4v) is 1.81. The molecule has 1 unspecified atom stereocenters. The zero-order chi connectivity index (χ0) is 12.4. The Morgan fingerprint density at radius 2 is 2.18 bits per heavy atom.